The average Bonchev–Trinajstić information content (AvgIpc) is 2.53. The molecule has 1 atom stereocenters. The lowest BCUT2D eigenvalue weighted by Crippen LogP contribution is -2.45. The van der Waals surface area contributed by atoms with Gasteiger partial charge in [0.05, 0.1) is 37.9 Å². The molecule has 1 aromatic rings. The summed E-state index contributed by atoms with van der Waals surface area (Å²) in [4.78, 5) is 12.8. The van der Waals surface area contributed by atoms with Crippen molar-refractivity contribution in [1.82, 2.24) is 0 Å². The summed E-state index contributed by atoms with van der Waals surface area (Å²) in [5, 5.41) is 11.3. The van der Waals surface area contributed by atoms with E-state index >= 15 is 0 Å². The van der Waals surface area contributed by atoms with Crippen molar-refractivity contribution < 1.29 is 19.1 Å². The average molecular weight is 297 g/mol. The minimum absolute atomic E-state index is 0.0229. The number of nitrogens with two attached hydrogens (primary N) is 1. The molecule has 1 heterocycles. The van der Waals surface area contributed by atoms with Gasteiger partial charge >= 0.3 is 0 Å². The Bertz CT molecular complexity index is 523. The van der Waals surface area contributed by atoms with Gasteiger partial charge in [0.15, 0.2) is 11.5 Å². The molecule has 0 amide bonds. The molecule has 116 valence electrons. The number of nitro groups is 1. The second kappa shape index (κ2) is 6.59. The fourth-order valence-electron chi connectivity index (χ4n) is 2.34. The molecule has 21 heavy (non-hydrogen) atoms. The quantitative estimate of drug-likeness (QED) is 0.633. The van der Waals surface area contributed by atoms with E-state index in [4.69, 9.17) is 19.9 Å². The van der Waals surface area contributed by atoms with E-state index in [9.17, 15) is 10.1 Å². The van der Waals surface area contributed by atoms with Gasteiger partial charge in [-0.05, 0) is 0 Å². The highest BCUT2D eigenvalue weighted by molar-refractivity contribution is 5.70. The zero-order chi connectivity index (χ0) is 15.4. The van der Waals surface area contributed by atoms with Crippen molar-refractivity contribution in [3.63, 3.8) is 0 Å². The SMILES string of the molecule is COc1cc(N2CCOC(CN)C2)c([N+](=O)[O-])cc1OC. The van der Waals surface area contributed by atoms with Crippen molar-refractivity contribution in [2.45, 2.75) is 6.10 Å². The zero-order valence-corrected chi connectivity index (χ0v) is 12.1. The van der Waals surface area contributed by atoms with E-state index in [-0.39, 0.29) is 11.8 Å². The molecule has 1 fully saturated rings. The highest BCUT2D eigenvalue weighted by atomic mass is 16.6. The topological polar surface area (TPSA) is 100 Å². The van der Waals surface area contributed by atoms with Crippen molar-refractivity contribution in [2.75, 3.05) is 45.4 Å². The molecule has 0 saturated carbocycles. The molecule has 8 heteroatoms. The second-order valence-electron chi connectivity index (χ2n) is 4.63. The summed E-state index contributed by atoms with van der Waals surface area (Å²) in [5.41, 5.74) is 6.08. The number of hydrogen-bond donors (Lipinski definition) is 1. The molecule has 1 aliphatic rings. The molecule has 1 aromatic carbocycles. The van der Waals surface area contributed by atoms with Crippen LogP contribution in [0.1, 0.15) is 0 Å². The number of rotatable bonds is 5. The summed E-state index contributed by atoms with van der Waals surface area (Å²) in [7, 11) is 2.94. The molecule has 0 radical (unpaired) electrons. The summed E-state index contributed by atoms with van der Waals surface area (Å²) in [5.74, 6) is 0.783. The van der Waals surface area contributed by atoms with Crippen molar-refractivity contribution in [3.05, 3.63) is 22.2 Å². The number of nitrogens with zero attached hydrogens (tertiary/aromatic N) is 2. The Balaban J connectivity index is 2.42. The van der Waals surface area contributed by atoms with Crippen LogP contribution in [0.25, 0.3) is 0 Å². The van der Waals surface area contributed by atoms with Crippen LogP contribution in [0.3, 0.4) is 0 Å². The number of benzene rings is 1. The Morgan fingerprint density at radius 1 is 1.43 bits per heavy atom. The summed E-state index contributed by atoms with van der Waals surface area (Å²) in [6, 6.07) is 3.00. The maximum Gasteiger partial charge on any atom is 0.296 e. The Labute approximate surface area is 122 Å². The number of methoxy groups -OCH3 is 2. The van der Waals surface area contributed by atoms with E-state index in [1.54, 1.807) is 6.07 Å². The summed E-state index contributed by atoms with van der Waals surface area (Å²) in [6.45, 7) is 1.92. The minimum Gasteiger partial charge on any atom is -0.493 e. The van der Waals surface area contributed by atoms with Crippen LogP contribution in [0.4, 0.5) is 11.4 Å². The lowest BCUT2D eigenvalue weighted by molar-refractivity contribution is -0.384. The van der Waals surface area contributed by atoms with Gasteiger partial charge in [0.25, 0.3) is 5.69 Å². The Morgan fingerprint density at radius 3 is 2.67 bits per heavy atom. The second-order valence-corrected chi connectivity index (χ2v) is 4.63. The van der Waals surface area contributed by atoms with Gasteiger partial charge in [-0.3, -0.25) is 10.1 Å². The van der Waals surface area contributed by atoms with Crippen LogP contribution in [-0.4, -0.2) is 51.5 Å². The third-order valence-electron chi connectivity index (χ3n) is 3.42. The first-order chi connectivity index (χ1) is 10.1. The lowest BCUT2D eigenvalue weighted by atomic mass is 10.2. The van der Waals surface area contributed by atoms with Gasteiger partial charge < -0.3 is 24.8 Å². The monoisotopic (exact) mass is 297 g/mol. The van der Waals surface area contributed by atoms with E-state index < -0.39 is 4.92 Å². The molecule has 1 saturated heterocycles. The predicted molar refractivity (Wildman–Crippen MR) is 77.2 cm³/mol. The molecule has 0 spiro atoms. The van der Waals surface area contributed by atoms with E-state index in [0.717, 1.165) is 0 Å². The number of ether oxygens (including phenoxy) is 3. The maximum atomic E-state index is 11.3. The molecule has 2 N–H and O–H groups in total. The molecule has 0 bridgehead atoms. The van der Waals surface area contributed by atoms with Crippen molar-refractivity contribution in [2.24, 2.45) is 5.73 Å². The number of hydrogen-bond acceptors (Lipinski definition) is 7. The van der Waals surface area contributed by atoms with Gasteiger partial charge in [0.2, 0.25) is 0 Å². The first-order valence-corrected chi connectivity index (χ1v) is 6.57. The number of nitro benzene ring substituents is 1. The number of morpholine rings is 1. The van der Waals surface area contributed by atoms with Gasteiger partial charge in [-0.1, -0.05) is 0 Å². The van der Waals surface area contributed by atoms with Gasteiger partial charge in [-0.2, -0.15) is 0 Å². The van der Waals surface area contributed by atoms with Crippen molar-refractivity contribution in [3.8, 4) is 11.5 Å². The smallest absolute Gasteiger partial charge is 0.296 e. The minimum atomic E-state index is -0.426. The zero-order valence-electron chi connectivity index (χ0n) is 12.1. The molecular formula is C13H19N3O5. The fraction of sp³-hybridized carbons (Fsp3) is 0.538. The molecule has 1 unspecified atom stereocenters. The number of anilines is 1. The van der Waals surface area contributed by atoms with E-state index in [0.29, 0.717) is 43.4 Å². The van der Waals surface area contributed by atoms with Crippen molar-refractivity contribution in [1.29, 1.82) is 0 Å². The van der Waals surface area contributed by atoms with Crippen LogP contribution >= 0.6 is 0 Å². The summed E-state index contributed by atoms with van der Waals surface area (Å²) < 4.78 is 15.8. The Kier molecular flexibility index (Phi) is 4.81. The largest absolute Gasteiger partial charge is 0.493 e. The highest BCUT2D eigenvalue weighted by Gasteiger charge is 2.27. The van der Waals surface area contributed by atoms with E-state index in [2.05, 4.69) is 0 Å². The summed E-state index contributed by atoms with van der Waals surface area (Å²) in [6.07, 6.45) is -0.133. The maximum absolute atomic E-state index is 11.3. The van der Waals surface area contributed by atoms with Crippen LogP contribution in [-0.2, 0) is 4.74 Å². The van der Waals surface area contributed by atoms with Gasteiger partial charge in [0, 0.05) is 25.7 Å². The molecular weight excluding hydrogens is 278 g/mol. The van der Waals surface area contributed by atoms with Crippen LogP contribution < -0.4 is 20.1 Å². The normalized spacial score (nSPS) is 18.4. The fourth-order valence-corrected chi connectivity index (χ4v) is 2.34. The van der Waals surface area contributed by atoms with Gasteiger partial charge in [0.1, 0.15) is 5.69 Å². The first-order valence-electron chi connectivity index (χ1n) is 6.57. The third-order valence-corrected chi connectivity index (χ3v) is 3.42. The predicted octanol–water partition coefficient (Wildman–Crippen LogP) is 0.776. The molecule has 1 aliphatic heterocycles. The van der Waals surface area contributed by atoms with Gasteiger partial charge in [-0.25, -0.2) is 0 Å². The Morgan fingerprint density at radius 2 is 2.10 bits per heavy atom. The van der Waals surface area contributed by atoms with E-state index in [1.807, 2.05) is 4.90 Å². The van der Waals surface area contributed by atoms with Crippen molar-refractivity contribution >= 4 is 11.4 Å². The molecule has 0 aliphatic carbocycles. The van der Waals surface area contributed by atoms with Crippen LogP contribution in [0, 0.1) is 10.1 Å². The Hall–Kier alpha value is -2.06. The molecule has 2 rings (SSSR count). The third kappa shape index (κ3) is 3.17. The highest BCUT2D eigenvalue weighted by Crippen LogP contribution is 2.39. The van der Waals surface area contributed by atoms with E-state index in [1.165, 1.54) is 20.3 Å². The first kappa shape index (κ1) is 15.3. The van der Waals surface area contributed by atoms with Gasteiger partial charge in [-0.15, -0.1) is 0 Å². The molecule has 8 nitrogen and oxygen atoms in total. The van der Waals surface area contributed by atoms with Crippen LogP contribution in [0.15, 0.2) is 12.1 Å². The van der Waals surface area contributed by atoms with Crippen LogP contribution in [0.5, 0.6) is 11.5 Å². The summed E-state index contributed by atoms with van der Waals surface area (Å²) >= 11 is 0. The molecule has 0 aromatic heterocycles. The standard InChI is InChI=1S/C13H19N3O5/c1-19-12-5-10(11(16(17)18)6-13(12)20-2)15-3-4-21-9(7-14)8-15/h5-6,9H,3-4,7-8,14H2,1-2H3. The van der Waals surface area contributed by atoms with Crippen LogP contribution in [0.2, 0.25) is 0 Å². The lowest BCUT2D eigenvalue weighted by Gasteiger charge is -2.33.